The van der Waals surface area contributed by atoms with Gasteiger partial charge in [0.2, 0.25) is 0 Å². The van der Waals surface area contributed by atoms with Gasteiger partial charge in [-0.1, -0.05) is 30.3 Å². The van der Waals surface area contributed by atoms with E-state index in [0.717, 1.165) is 12.1 Å². The van der Waals surface area contributed by atoms with Crippen LogP contribution >= 0.6 is 0 Å². The van der Waals surface area contributed by atoms with E-state index in [0.29, 0.717) is 34.9 Å². The van der Waals surface area contributed by atoms with Crippen molar-refractivity contribution in [2.75, 3.05) is 52.0 Å². The van der Waals surface area contributed by atoms with Crippen LogP contribution in [0.15, 0.2) is 65.1 Å². The molecule has 0 saturated heterocycles. The van der Waals surface area contributed by atoms with Gasteiger partial charge in [0.15, 0.2) is 11.6 Å². The van der Waals surface area contributed by atoms with E-state index in [9.17, 15) is 14.4 Å². The van der Waals surface area contributed by atoms with Crippen molar-refractivity contribution in [2.24, 2.45) is 0 Å². The second-order valence-corrected chi connectivity index (χ2v) is 8.65. The van der Waals surface area contributed by atoms with Gasteiger partial charge in [-0.15, -0.1) is 0 Å². The Morgan fingerprint density at radius 3 is 2.46 bits per heavy atom. The van der Waals surface area contributed by atoms with E-state index in [1.165, 1.54) is 7.11 Å². The number of methoxy groups -OCH3 is 1. The highest BCUT2D eigenvalue weighted by molar-refractivity contribution is 6.37. The molecular weight excluding hydrogens is 476 g/mol. The van der Waals surface area contributed by atoms with Crippen molar-refractivity contribution >= 4 is 40.8 Å². The molecule has 0 radical (unpaired) electrons. The first-order valence-corrected chi connectivity index (χ1v) is 11.5. The number of hydrogen-bond acceptors (Lipinski definition) is 8. The Labute approximate surface area is 214 Å². The highest BCUT2D eigenvalue weighted by atomic mass is 16.7. The smallest absolute Gasteiger partial charge is 0.437 e. The van der Waals surface area contributed by atoms with Crippen LogP contribution in [0.2, 0.25) is 0 Å². The lowest BCUT2D eigenvalue weighted by molar-refractivity contribution is -0.110. The number of nitrogens with one attached hydrogen (secondary N) is 2. The molecular formula is C27H28N4O6. The Morgan fingerprint density at radius 1 is 1.00 bits per heavy atom. The largest absolute Gasteiger partial charge is 0.513 e. The molecule has 0 atom stereocenters. The van der Waals surface area contributed by atoms with Crippen LogP contribution in [0.25, 0.3) is 11.3 Å². The lowest BCUT2D eigenvalue weighted by Crippen LogP contribution is -2.33. The minimum atomic E-state index is -0.859. The number of furan rings is 1. The monoisotopic (exact) mass is 504 g/mol. The van der Waals surface area contributed by atoms with Gasteiger partial charge < -0.3 is 34.3 Å². The summed E-state index contributed by atoms with van der Waals surface area (Å²) in [6, 6.07) is 17.4. The maximum absolute atomic E-state index is 13.1. The summed E-state index contributed by atoms with van der Waals surface area (Å²) < 4.78 is 15.4. The molecule has 10 nitrogen and oxygen atoms in total. The molecule has 192 valence electrons. The van der Waals surface area contributed by atoms with E-state index in [1.54, 1.807) is 42.3 Å². The average molecular weight is 505 g/mol. The van der Waals surface area contributed by atoms with E-state index >= 15 is 0 Å². The molecule has 10 heteroatoms. The van der Waals surface area contributed by atoms with Crippen LogP contribution in [0.1, 0.15) is 21.7 Å². The summed E-state index contributed by atoms with van der Waals surface area (Å²) >= 11 is 0. The number of carbonyl (C=O) groups is 3. The van der Waals surface area contributed by atoms with E-state index in [4.69, 9.17) is 9.15 Å². The Kier molecular flexibility index (Phi) is 7.59. The number of hydrogen-bond donors (Lipinski definition) is 2. The number of benzene rings is 2. The minimum Gasteiger partial charge on any atom is -0.437 e. The first-order valence-electron chi connectivity index (χ1n) is 11.5. The molecule has 0 unspecified atom stereocenters. The van der Waals surface area contributed by atoms with Gasteiger partial charge in [0.05, 0.1) is 24.1 Å². The summed E-state index contributed by atoms with van der Waals surface area (Å²) in [4.78, 5) is 41.0. The second-order valence-electron chi connectivity index (χ2n) is 8.65. The number of nitrogens with zero attached hydrogens (tertiary/aromatic N) is 2. The van der Waals surface area contributed by atoms with Crippen LogP contribution in [0.5, 0.6) is 5.75 Å². The first kappa shape index (κ1) is 25.5. The van der Waals surface area contributed by atoms with Crippen molar-refractivity contribution < 1.29 is 28.3 Å². The number of carbonyl (C=O) groups excluding carboxylic acids is 3. The molecule has 2 N–H and O–H groups in total. The molecule has 2 amide bonds. The lowest BCUT2D eigenvalue weighted by atomic mass is 10.00. The predicted octanol–water partition coefficient (Wildman–Crippen LogP) is 3.99. The van der Waals surface area contributed by atoms with Gasteiger partial charge in [0.1, 0.15) is 5.75 Å². The molecule has 0 saturated carbocycles. The van der Waals surface area contributed by atoms with Crippen molar-refractivity contribution in [1.29, 1.82) is 0 Å². The molecule has 0 spiro atoms. The quantitative estimate of drug-likeness (QED) is 0.269. The maximum Gasteiger partial charge on any atom is 0.513 e. The molecule has 3 aromatic rings. The SMILES string of the molecule is COC(=O)Oc1ccc2c(c1)NC(=O)/C2=C(\Nc1ccc(C(=O)N(C)CCN(C)C)o1)c1ccccc1. The standard InChI is InChI=1S/C27H28N4O6/c1-30(2)14-15-31(3)26(33)21-12-13-22(37-21)29-24(17-8-6-5-7-9-17)23-19-11-10-18(36-27(34)35-4)16-20(19)28-25(23)32/h5-13,16,29H,14-15H2,1-4H3,(H,28,32)/b24-23-. The van der Waals surface area contributed by atoms with Crippen molar-refractivity contribution in [3.8, 4) is 5.75 Å². The average Bonchev–Trinajstić information content (AvgIpc) is 3.49. The summed E-state index contributed by atoms with van der Waals surface area (Å²) in [7, 11) is 6.81. The third-order valence-corrected chi connectivity index (χ3v) is 5.71. The first-order chi connectivity index (χ1) is 17.8. The summed E-state index contributed by atoms with van der Waals surface area (Å²) in [6.45, 7) is 1.27. The molecule has 0 fully saturated rings. The van der Waals surface area contributed by atoms with Crippen LogP contribution in [0, 0.1) is 0 Å². The third-order valence-electron chi connectivity index (χ3n) is 5.71. The Balaban J connectivity index is 1.67. The summed E-state index contributed by atoms with van der Waals surface area (Å²) in [6.07, 6.45) is -0.859. The number of rotatable bonds is 8. The Hall–Kier alpha value is -4.57. The van der Waals surface area contributed by atoms with Crippen molar-refractivity contribution in [2.45, 2.75) is 0 Å². The summed E-state index contributed by atoms with van der Waals surface area (Å²) in [5, 5.41) is 6.01. The maximum atomic E-state index is 13.1. The zero-order valence-corrected chi connectivity index (χ0v) is 21.0. The molecule has 2 aromatic carbocycles. The van der Waals surface area contributed by atoms with Gasteiger partial charge in [-0.25, -0.2) is 4.79 Å². The number of fused-ring (bicyclic) bond motifs is 1. The van der Waals surface area contributed by atoms with E-state index < -0.39 is 6.16 Å². The molecule has 37 heavy (non-hydrogen) atoms. The lowest BCUT2D eigenvalue weighted by Gasteiger charge is -2.18. The molecule has 1 aliphatic rings. The zero-order chi connectivity index (χ0) is 26.5. The van der Waals surface area contributed by atoms with E-state index in [2.05, 4.69) is 15.4 Å². The number of ether oxygens (including phenoxy) is 2. The molecule has 4 rings (SSSR count). The predicted molar refractivity (Wildman–Crippen MR) is 139 cm³/mol. The van der Waals surface area contributed by atoms with Crippen molar-refractivity contribution in [1.82, 2.24) is 9.80 Å². The second kappa shape index (κ2) is 11.0. The minimum absolute atomic E-state index is 0.182. The van der Waals surface area contributed by atoms with Gasteiger partial charge >= 0.3 is 6.16 Å². The third kappa shape index (κ3) is 5.81. The Morgan fingerprint density at radius 2 is 1.76 bits per heavy atom. The van der Waals surface area contributed by atoms with Crippen LogP contribution in [-0.2, 0) is 9.53 Å². The number of likely N-dealkylation sites (N-methyl/N-ethyl adjacent to an activating group) is 2. The van der Waals surface area contributed by atoms with Gasteiger partial charge in [-0.05, 0) is 37.9 Å². The summed E-state index contributed by atoms with van der Waals surface area (Å²) in [5.74, 6) is 0.132. The topological polar surface area (TPSA) is 113 Å². The summed E-state index contributed by atoms with van der Waals surface area (Å²) in [5.41, 5.74) is 2.70. The van der Waals surface area contributed by atoms with Crippen molar-refractivity contribution in [3.05, 3.63) is 77.6 Å². The van der Waals surface area contributed by atoms with Crippen LogP contribution in [0.3, 0.4) is 0 Å². The fourth-order valence-corrected chi connectivity index (χ4v) is 3.77. The van der Waals surface area contributed by atoms with E-state index in [-0.39, 0.29) is 23.3 Å². The molecule has 2 heterocycles. The highest BCUT2D eigenvalue weighted by Crippen LogP contribution is 2.39. The fourth-order valence-electron chi connectivity index (χ4n) is 3.77. The van der Waals surface area contributed by atoms with Gasteiger partial charge in [-0.2, -0.15) is 0 Å². The molecule has 0 aliphatic carbocycles. The number of anilines is 2. The van der Waals surface area contributed by atoms with Gasteiger partial charge in [-0.3, -0.25) is 9.59 Å². The highest BCUT2D eigenvalue weighted by Gasteiger charge is 2.29. The normalized spacial score (nSPS) is 13.6. The zero-order valence-electron chi connectivity index (χ0n) is 21.0. The fraction of sp³-hybridized carbons (Fsp3) is 0.222. The van der Waals surface area contributed by atoms with Crippen molar-refractivity contribution in [3.63, 3.8) is 0 Å². The van der Waals surface area contributed by atoms with Crippen LogP contribution in [0.4, 0.5) is 16.4 Å². The molecule has 0 bridgehead atoms. The van der Waals surface area contributed by atoms with E-state index in [1.807, 2.05) is 49.3 Å². The van der Waals surface area contributed by atoms with Gasteiger partial charge in [0, 0.05) is 37.8 Å². The van der Waals surface area contributed by atoms with Crippen LogP contribution in [-0.4, -0.2) is 69.1 Å². The molecule has 1 aromatic heterocycles. The molecule has 1 aliphatic heterocycles. The van der Waals surface area contributed by atoms with Gasteiger partial charge in [0.25, 0.3) is 11.8 Å². The number of amides is 2. The Bertz CT molecular complexity index is 1350. The van der Waals surface area contributed by atoms with Crippen LogP contribution < -0.4 is 15.4 Å².